The Morgan fingerprint density at radius 1 is 1.50 bits per heavy atom. The molecule has 0 unspecified atom stereocenters. The molecule has 5 heteroatoms. The molecular weight excluding hydrogens is 136 g/mol. The summed E-state index contributed by atoms with van der Waals surface area (Å²) in [6.07, 6.45) is 1.18. The van der Waals surface area contributed by atoms with Gasteiger partial charge in [-0.3, -0.25) is 14.9 Å². The Balaban J connectivity index is 3.06. The Morgan fingerprint density at radius 2 is 2.10 bits per heavy atom. The van der Waals surface area contributed by atoms with Gasteiger partial charge < -0.3 is 5.73 Å². The lowest BCUT2D eigenvalue weighted by molar-refractivity contribution is -0.480. The highest BCUT2D eigenvalue weighted by Crippen LogP contribution is 1.93. The Hall–Kier alpha value is -1.13. The van der Waals surface area contributed by atoms with E-state index in [-0.39, 0.29) is 13.0 Å². The van der Waals surface area contributed by atoms with Crippen molar-refractivity contribution in [1.82, 2.24) is 0 Å². The summed E-state index contributed by atoms with van der Waals surface area (Å²) >= 11 is 0. The third-order valence-electron chi connectivity index (χ3n) is 1.01. The van der Waals surface area contributed by atoms with Gasteiger partial charge >= 0.3 is 0 Å². The van der Waals surface area contributed by atoms with Crippen LogP contribution < -0.4 is 5.73 Å². The Morgan fingerprint density at radius 3 is 2.50 bits per heavy atom. The van der Waals surface area contributed by atoms with Gasteiger partial charge in [-0.1, -0.05) is 0 Å². The van der Waals surface area contributed by atoms with Crippen molar-refractivity contribution in [3.8, 4) is 0 Å². The quantitative estimate of drug-likeness (QED) is 0.334. The highest BCUT2D eigenvalue weighted by atomic mass is 16.6. The lowest BCUT2D eigenvalue weighted by Crippen LogP contribution is -2.10. The van der Waals surface area contributed by atoms with Crippen molar-refractivity contribution >= 4 is 5.91 Å². The zero-order valence-corrected chi connectivity index (χ0v) is 5.58. The van der Waals surface area contributed by atoms with Crippen LogP contribution in [0, 0.1) is 10.1 Å². The summed E-state index contributed by atoms with van der Waals surface area (Å²) in [5.41, 5.74) is 4.80. The number of unbranched alkanes of at least 4 members (excludes halogenated alkanes) is 1. The van der Waals surface area contributed by atoms with Crippen LogP contribution in [0.15, 0.2) is 0 Å². The number of nitro groups is 1. The van der Waals surface area contributed by atoms with E-state index in [0.717, 1.165) is 0 Å². The molecule has 0 radical (unpaired) electrons. The molecule has 0 spiro atoms. The number of nitrogens with two attached hydrogens (primary N) is 1. The standard InChI is InChI=1S/C5H10N2O3/c6-5(8)3-1-2-4-7(9)10/h1-4H2,(H2,6,8). The SMILES string of the molecule is NC(=O)CCCC[N+](=O)[O-]. The van der Waals surface area contributed by atoms with Crippen LogP contribution in [0.2, 0.25) is 0 Å². The largest absolute Gasteiger partial charge is 0.370 e. The van der Waals surface area contributed by atoms with Gasteiger partial charge in [-0.15, -0.1) is 0 Å². The molecule has 0 saturated heterocycles. The van der Waals surface area contributed by atoms with Crippen molar-refractivity contribution in [2.75, 3.05) is 6.54 Å². The fraction of sp³-hybridized carbons (Fsp3) is 0.800. The number of carbonyl (C=O) groups excluding carboxylic acids is 1. The van der Waals surface area contributed by atoms with Gasteiger partial charge in [-0.2, -0.15) is 0 Å². The predicted molar refractivity (Wildman–Crippen MR) is 34.9 cm³/mol. The van der Waals surface area contributed by atoms with E-state index in [1.165, 1.54) is 0 Å². The summed E-state index contributed by atoms with van der Waals surface area (Å²) < 4.78 is 0. The van der Waals surface area contributed by atoms with Gasteiger partial charge in [0.15, 0.2) is 0 Å². The van der Waals surface area contributed by atoms with Crippen molar-refractivity contribution in [3.63, 3.8) is 0 Å². The molecule has 0 aliphatic rings. The van der Waals surface area contributed by atoms with Crippen molar-refractivity contribution in [2.45, 2.75) is 19.3 Å². The Kier molecular flexibility index (Phi) is 4.19. The zero-order valence-electron chi connectivity index (χ0n) is 5.58. The average molecular weight is 146 g/mol. The summed E-state index contributed by atoms with van der Waals surface area (Å²) in [4.78, 5) is 19.4. The van der Waals surface area contributed by atoms with Crippen LogP contribution >= 0.6 is 0 Å². The molecule has 58 valence electrons. The fourth-order valence-electron chi connectivity index (χ4n) is 0.540. The molecule has 5 nitrogen and oxygen atoms in total. The number of nitrogens with zero attached hydrogens (tertiary/aromatic N) is 1. The molecule has 0 bridgehead atoms. The van der Waals surface area contributed by atoms with Crippen LogP contribution in [0.1, 0.15) is 19.3 Å². The molecule has 0 aromatic carbocycles. The van der Waals surface area contributed by atoms with Gasteiger partial charge in [-0.25, -0.2) is 0 Å². The molecule has 0 saturated carbocycles. The molecule has 0 rings (SSSR count). The van der Waals surface area contributed by atoms with Crippen LogP contribution in [-0.4, -0.2) is 17.4 Å². The second-order valence-electron chi connectivity index (χ2n) is 1.98. The second kappa shape index (κ2) is 4.72. The number of amides is 1. The van der Waals surface area contributed by atoms with E-state index < -0.39 is 10.8 Å². The highest BCUT2D eigenvalue weighted by molar-refractivity contribution is 5.73. The minimum Gasteiger partial charge on any atom is -0.370 e. The minimum atomic E-state index is -0.402. The summed E-state index contributed by atoms with van der Waals surface area (Å²) in [5.74, 6) is -0.400. The molecule has 0 aliphatic heterocycles. The molecule has 10 heavy (non-hydrogen) atoms. The van der Waals surface area contributed by atoms with Crippen molar-refractivity contribution < 1.29 is 9.72 Å². The monoisotopic (exact) mass is 146 g/mol. The molecule has 0 aliphatic carbocycles. The van der Waals surface area contributed by atoms with Crippen LogP contribution in [0.3, 0.4) is 0 Å². The first-order chi connectivity index (χ1) is 4.63. The van der Waals surface area contributed by atoms with Crippen molar-refractivity contribution in [2.24, 2.45) is 5.73 Å². The molecular formula is C5H10N2O3. The maximum atomic E-state index is 10.1. The summed E-state index contributed by atoms with van der Waals surface area (Å²) in [5, 5.41) is 9.73. The Bertz CT molecular complexity index is 119. The lowest BCUT2D eigenvalue weighted by atomic mass is 10.2. The topological polar surface area (TPSA) is 86.2 Å². The van der Waals surface area contributed by atoms with Gasteiger partial charge in [0, 0.05) is 17.8 Å². The lowest BCUT2D eigenvalue weighted by Gasteiger charge is -1.91. The minimum absolute atomic E-state index is 0.0761. The molecule has 0 atom stereocenters. The van der Waals surface area contributed by atoms with Gasteiger partial charge in [0.1, 0.15) is 0 Å². The van der Waals surface area contributed by atoms with Crippen LogP contribution in [0.4, 0.5) is 0 Å². The first kappa shape index (κ1) is 8.87. The van der Waals surface area contributed by atoms with Gasteiger partial charge in [0.25, 0.3) is 0 Å². The summed E-state index contributed by atoms with van der Waals surface area (Å²) in [6.45, 7) is -0.0761. The molecule has 0 fully saturated rings. The maximum absolute atomic E-state index is 10.1. The number of hydrogen-bond acceptors (Lipinski definition) is 3. The molecule has 1 amide bonds. The van der Waals surface area contributed by atoms with Crippen molar-refractivity contribution in [3.05, 3.63) is 10.1 Å². The zero-order chi connectivity index (χ0) is 7.98. The molecule has 2 N–H and O–H groups in total. The number of primary amides is 1. The van der Waals surface area contributed by atoms with E-state index in [4.69, 9.17) is 5.73 Å². The van der Waals surface area contributed by atoms with Crippen molar-refractivity contribution in [1.29, 1.82) is 0 Å². The predicted octanol–water partition coefficient (Wildman–Crippen LogP) is -0.0813. The third-order valence-corrected chi connectivity index (χ3v) is 1.01. The number of rotatable bonds is 5. The van der Waals surface area contributed by atoms with E-state index in [1.54, 1.807) is 0 Å². The van der Waals surface area contributed by atoms with Gasteiger partial charge in [-0.05, 0) is 6.42 Å². The first-order valence-electron chi connectivity index (χ1n) is 3.03. The van der Waals surface area contributed by atoms with E-state index in [2.05, 4.69) is 0 Å². The average Bonchev–Trinajstić information content (AvgIpc) is 1.79. The van der Waals surface area contributed by atoms with E-state index >= 15 is 0 Å². The number of carbonyl (C=O) groups is 1. The number of hydrogen-bond donors (Lipinski definition) is 1. The highest BCUT2D eigenvalue weighted by Gasteiger charge is 1.98. The van der Waals surface area contributed by atoms with Crippen LogP contribution in [0.5, 0.6) is 0 Å². The molecule has 0 aromatic rings. The first-order valence-corrected chi connectivity index (χ1v) is 3.03. The summed E-state index contributed by atoms with van der Waals surface area (Å²) in [6, 6.07) is 0. The Labute approximate surface area is 58.4 Å². The van der Waals surface area contributed by atoms with Crippen LogP contribution in [-0.2, 0) is 4.79 Å². The second-order valence-corrected chi connectivity index (χ2v) is 1.98. The molecule has 0 aromatic heterocycles. The summed E-state index contributed by atoms with van der Waals surface area (Å²) in [7, 11) is 0. The van der Waals surface area contributed by atoms with Crippen LogP contribution in [0.25, 0.3) is 0 Å². The fourth-order valence-corrected chi connectivity index (χ4v) is 0.540. The van der Waals surface area contributed by atoms with Gasteiger partial charge in [0.2, 0.25) is 12.5 Å². The molecule has 0 heterocycles. The van der Waals surface area contributed by atoms with E-state index in [9.17, 15) is 14.9 Å². The third kappa shape index (κ3) is 6.87. The maximum Gasteiger partial charge on any atom is 0.217 e. The van der Waals surface area contributed by atoms with E-state index in [0.29, 0.717) is 12.8 Å². The van der Waals surface area contributed by atoms with E-state index in [1.807, 2.05) is 0 Å². The smallest absolute Gasteiger partial charge is 0.217 e. The normalized spacial score (nSPS) is 9.20. The van der Waals surface area contributed by atoms with Gasteiger partial charge in [0.05, 0.1) is 0 Å².